The topological polar surface area (TPSA) is 149 Å². The Morgan fingerprint density at radius 2 is 1.79 bits per heavy atom. The highest BCUT2D eigenvalue weighted by Gasteiger charge is 2.34. The van der Waals surface area contributed by atoms with Gasteiger partial charge in [0.25, 0.3) is 5.91 Å². The minimum Gasteiger partial charge on any atom is -0.490 e. The molecule has 4 aromatic rings. The van der Waals surface area contributed by atoms with Crippen molar-refractivity contribution in [1.82, 2.24) is 30.3 Å². The van der Waals surface area contributed by atoms with Crippen LogP contribution in [0, 0.1) is 17.2 Å². The summed E-state index contributed by atoms with van der Waals surface area (Å²) < 4.78 is 24.0. The van der Waals surface area contributed by atoms with E-state index in [9.17, 15) is 14.4 Å². The number of nitrogens with one attached hydrogen (secondary N) is 2. The molecular formula is C41H46Cl2FN9O4. The molecule has 300 valence electrons. The Bertz CT molecular complexity index is 2130. The fourth-order valence-corrected chi connectivity index (χ4v) is 8.90. The van der Waals surface area contributed by atoms with Gasteiger partial charge < -0.3 is 24.4 Å². The summed E-state index contributed by atoms with van der Waals surface area (Å²) in [6.07, 6.45) is 6.91. The summed E-state index contributed by atoms with van der Waals surface area (Å²) in [5.74, 6) is 1.33. The van der Waals surface area contributed by atoms with Crippen LogP contribution < -0.4 is 25.2 Å². The SMILES string of the molecule is Cl.N#Cc1ccc(O[C@H]2CC[C@H](NC(=O)c3ccc(N4CCC(CN5CC[C@@H](n6ccc7c(N8CCC(=O)NC8=O)cccc76)[C@H](F)C5)CC4)nn3)CC2)cc1Cl. The molecule has 2 aromatic carbocycles. The first-order valence-corrected chi connectivity index (χ1v) is 19.9. The molecule has 16 heteroatoms. The average molecular weight is 819 g/mol. The molecule has 0 spiro atoms. The smallest absolute Gasteiger partial charge is 0.328 e. The molecule has 0 bridgehead atoms. The number of carbonyl (C=O) groups is 3. The molecule has 5 heterocycles. The van der Waals surface area contributed by atoms with Gasteiger partial charge in [-0.2, -0.15) is 5.26 Å². The molecule has 13 nitrogen and oxygen atoms in total. The van der Waals surface area contributed by atoms with Gasteiger partial charge in [-0.1, -0.05) is 17.7 Å². The summed E-state index contributed by atoms with van der Waals surface area (Å²) in [4.78, 5) is 43.3. The van der Waals surface area contributed by atoms with Gasteiger partial charge in [0.15, 0.2) is 11.5 Å². The van der Waals surface area contributed by atoms with Crippen LogP contribution in [0.25, 0.3) is 10.9 Å². The number of imide groups is 1. The zero-order valence-electron chi connectivity index (χ0n) is 31.5. The van der Waals surface area contributed by atoms with Gasteiger partial charge in [0, 0.05) is 69.4 Å². The minimum absolute atomic E-state index is 0. The normalized spacial score (nSPS) is 23.4. The molecule has 8 rings (SSSR count). The number of urea groups is 1. The highest BCUT2D eigenvalue weighted by Crippen LogP contribution is 2.35. The lowest BCUT2D eigenvalue weighted by Gasteiger charge is -2.39. The third kappa shape index (κ3) is 8.96. The van der Waals surface area contributed by atoms with Gasteiger partial charge >= 0.3 is 6.03 Å². The van der Waals surface area contributed by atoms with Crippen LogP contribution in [0.15, 0.2) is 60.8 Å². The van der Waals surface area contributed by atoms with Gasteiger partial charge in [-0.05, 0) is 93.3 Å². The van der Waals surface area contributed by atoms with E-state index in [1.807, 2.05) is 41.1 Å². The number of rotatable bonds is 9. The molecule has 2 aromatic heterocycles. The molecular weight excluding hydrogens is 772 g/mol. The number of piperidine rings is 2. The quantitative estimate of drug-likeness (QED) is 0.195. The maximum atomic E-state index is 15.9. The summed E-state index contributed by atoms with van der Waals surface area (Å²) >= 11 is 6.14. The molecule has 1 aliphatic carbocycles. The van der Waals surface area contributed by atoms with E-state index in [-0.39, 0.29) is 48.8 Å². The van der Waals surface area contributed by atoms with Gasteiger partial charge in [0.05, 0.1) is 33.9 Å². The van der Waals surface area contributed by atoms with Crippen LogP contribution >= 0.6 is 24.0 Å². The molecule has 0 unspecified atom stereocenters. The monoisotopic (exact) mass is 817 g/mol. The van der Waals surface area contributed by atoms with Crippen LogP contribution in [0.4, 0.5) is 20.7 Å². The zero-order valence-corrected chi connectivity index (χ0v) is 33.1. The van der Waals surface area contributed by atoms with Crippen molar-refractivity contribution in [1.29, 1.82) is 5.26 Å². The van der Waals surface area contributed by atoms with Gasteiger partial charge in [0.1, 0.15) is 18.0 Å². The first kappa shape index (κ1) is 40.2. The number of fused-ring (bicyclic) bond motifs is 1. The molecule has 3 aliphatic heterocycles. The van der Waals surface area contributed by atoms with Crippen LogP contribution in [0.3, 0.4) is 0 Å². The Balaban J connectivity index is 0.00000496. The second kappa shape index (κ2) is 17.7. The third-order valence-electron chi connectivity index (χ3n) is 11.7. The lowest BCUT2D eigenvalue weighted by molar-refractivity contribution is -0.120. The molecule has 2 N–H and O–H groups in total. The maximum absolute atomic E-state index is 15.9. The number of nitrogens with zero attached hydrogens (tertiary/aromatic N) is 7. The maximum Gasteiger partial charge on any atom is 0.328 e. The van der Waals surface area contributed by atoms with Gasteiger partial charge in [-0.3, -0.25) is 19.8 Å². The first-order valence-electron chi connectivity index (χ1n) is 19.6. The van der Waals surface area contributed by atoms with Crippen LogP contribution in [0.1, 0.15) is 73.5 Å². The highest BCUT2D eigenvalue weighted by atomic mass is 35.5. The molecule has 3 saturated heterocycles. The summed E-state index contributed by atoms with van der Waals surface area (Å²) in [7, 11) is 0. The number of alkyl halides is 1. The lowest BCUT2D eigenvalue weighted by atomic mass is 9.92. The average Bonchev–Trinajstić information content (AvgIpc) is 3.64. The van der Waals surface area contributed by atoms with E-state index in [1.165, 1.54) is 0 Å². The van der Waals surface area contributed by atoms with Crippen molar-refractivity contribution >= 4 is 64.3 Å². The minimum atomic E-state index is -1.03. The van der Waals surface area contributed by atoms with Crippen molar-refractivity contribution in [2.24, 2.45) is 5.92 Å². The van der Waals surface area contributed by atoms with Crippen LogP contribution in [-0.4, -0.2) is 95.1 Å². The van der Waals surface area contributed by atoms with Crippen molar-refractivity contribution in [3.05, 3.63) is 77.1 Å². The second-order valence-electron chi connectivity index (χ2n) is 15.3. The summed E-state index contributed by atoms with van der Waals surface area (Å²) in [6.45, 7) is 3.99. The lowest BCUT2D eigenvalue weighted by Crippen LogP contribution is -2.49. The number of halogens is 3. The standard InChI is InChI=1S/C41H45ClFN9O4.ClH/c42-32-22-30(7-4-27(32)23-44)56-29-8-5-28(6-9-29)45-40(54)34-10-11-38(48-47-34)50-18-12-26(13-19-50)24-49-17-15-37(33(43)25-49)51-20-14-31-35(51)2-1-3-36(31)52-21-16-39(53)46-41(52)55;/h1-4,7,10-11,14,20,22,26,28-29,33,37H,5-6,8-9,12-13,15-19,21,24-25H2,(H,45,54)(H,46,53,55);1H/t28-,29-,33-,37-;/m1./s1. The molecule has 4 fully saturated rings. The van der Waals surface area contributed by atoms with Crippen molar-refractivity contribution < 1.29 is 23.5 Å². The van der Waals surface area contributed by atoms with Gasteiger partial charge in [-0.15, -0.1) is 22.6 Å². The van der Waals surface area contributed by atoms with Crippen LogP contribution in [0.5, 0.6) is 5.75 Å². The number of hydrogen-bond donors (Lipinski definition) is 2. The van der Waals surface area contributed by atoms with E-state index >= 15 is 4.39 Å². The van der Waals surface area contributed by atoms with E-state index in [0.29, 0.717) is 47.5 Å². The van der Waals surface area contributed by atoms with Crippen LogP contribution in [-0.2, 0) is 4.79 Å². The second-order valence-corrected chi connectivity index (χ2v) is 15.8. The first-order chi connectivity index (χ1) is 27.2. The molecule has 4 amide bonds. The number of aromatic nitrogens is 3. The molecule has 2 atom stereocenters. The highest BCUT2D eigenvalue weighted by molar-refractivity contribution is 6.31. The number of benzene rings is 2. The molecule has 0 radical (unpaired) electrons. The fourth-order valence-electron chi connectivity index (χ4n) is 8.69. The van der Waals surface area contributed by atoms with Crippen molar-refractivity contribution in [2.75, 3.05) is 49.1 Å². The summed E-state index contributed by atoms with van der Waals surface area (Å²) in [5, 5.41) is 24.5. The van der Waals surface area contributed by atoms with Crippen molar-refractivity contribution in [3.8, 4) is 11.8 Å². The van der Waals surface area contributed by atoms with Crippen molar-refractivity contribution in [3.63, 3.8) is 0 Å². The number of carbonyl (C=O) groups excluding carboxylic acids is 3. The number of likely N-dealkylation sites (tertiary alicyclic amines) is 1. The molecule has 4 aliphatic rings. The Morgan fingerprint density at radius 3 is 2.49 bits per heavy atom. The Kier molecular flexibility index (Phi) is 12.5. The number of hydrogen-bond acceptors (Lipinski definition) is 9. The largest absolute Gasteiger partial charge is 0.490 e. The Hall–Kier alpha value is -4.97. The predicted molar refractivity (Wildman–Crippen MR) is 217 cm³/mol. The number of amides is 4. The molecule has 57 heavy (non-hydrogen) atoms. The zero-order chi connectivity index (χ0) is 38.8. The Labute approximate surface area is 341 Å². The summed E-state index contributed by atoms with van der Waals surface area (Å²) in [5.41, 5.74) is 2.31. The van der Waals surface area contributed by atoms with Gasteiger partial charge in [-0.25, -0.2) is 9.18 Å². The van der Waals surface area contributed by atoms with Crippen molar-refractivity contribution in [2.45, 2.75) is 75.7 Å². The predicted octanol–water partition coefficient (Wildman–Crippen LogP) is 6.45. The number of anilines is 2. The van der Waals surface area contributed by atoms with Gasteiger partial charge in [0.2, 0.25) is 5.91 Å². The van der Waals surface area contributed by atoms with Crippen LogP contribution in [0.2, 0.25) is 5.02 Å². The Morgan fingerprint density at radius 1 is 0.982 bits per heavy atom. The van der Waals surface area contributed by atoms with E-state index in [1.54, 1.807) is 29.2 Å². The number of nitriles is 1. The van der Waals surface area contributed by atoms with E-state index in [4.69, 9.17) is 21.6 Å². The number of ether oxygens (including phenoxy) is 1. The molecule has 1 saturated carbocycles. The third-order valence-corrected chi connectivity index (χ3v) is 12.1. The van der Waals surface area contributed by atoms with E-state index in [2.05, 4.69) is 36.7 Å². The fraction of sp³-hybridized carbons (Fsp3) is 0.463. The van der Waals surface area contributed by atoms with E-state index in [0.717, 1.165) is 87.1 Å². The summed E-state index contributed by atoms with van der Waals surface area (Å²) in [6, 6.07) is 17.7. The van der Waals surface area contributed by atoms with E-state index < -0.39 is 12.2 Å².